The molecule has 4 rings (SSSR count). The van der Waals surface area contributed by atoms with Crippen LogP contribution in [0, 0.1) is 6.92 Å². The molecule has 0 atom stereocenters. The van der Waals surface area contributed by atoms with Crippen LogP contribution in [0.3, 0.4) is 0 Å². The normalized spacial score (nSPS) is 17.2. The summed E-state index contributed by atoms with van der Waals surface area (Å²) in [7, 11) is 0. The van der Waals surface area contributed by atoms with Crippen molar-refractivity contribution >= 4 is 47.2 Å². The number of hydrogen-bond donors (Lipinski definition) is 3. The van der Waals surface area contributed by atoms with Gasteiger partial charge in [-0.3, -0.25) is 14.2 Å². The van der Waals surface area contributed by atoms with Gasteiger partial charge in [-0.05, 0) is 44.2 Å². The second kappa shape index (κ2) is 7.01. The number of aromatic nitrogens is 3. The number of nitrogen functional groups attached to an aromatic ring is 1. The fraction of sp³-hybridized carbons (Fsp3) is 0.412. The van der Waals surface area contributed by atoms with Crippen LogP contribution in [0.25, 0.3) is 0 Å². The molecule has 1 aliphatic heterocycles. The first-order chi connectivity index (χ1) is 12.4. The minimum atomic E-state index is -0.640. The summed E-state index contributed by atoms with van der Waals surface area (Å²) in [5.74, 6) is 0.186. The molecule has 144 valence electrons. The van der Waals surface area contributed by atoms with Gasteiger partial charge in [0.1, 0.15) is 34.2 Å². The Morgan fingerprint density at radius 3 is 2.67 bits per heavy atom. The van der Waals surface area contributed by atoms with Gasteiger partial charge in [0.15, 0.2) is 5.82 Å². The number of carbonyl (C=O) groups is 1. The highest BCUT2D eigenvalue weighted by Crippen LogP contribution is 2.37. The average Bonchev–Trinajstić information content (AvgIpc) is 2.89. The van der Waals surface area contributed by atoms with Crippen molar-refractivity contribution < 1.29 is 4.79 Å². The zero-order valence-electron chi connectivity index (χ0n) is 14.7. The predicted molar refractivity (Wildman–Crippen MR) is 106 cm³/mol. The van der Waals surface area contributed by atoms with Gasteiger partial charge in [0.05, 0.1) is 0 Å². The third-order valence-electron chi connectivity index (χ3n) is 5.13. The summed E-state index contributed by atoms with van der Waals surface area (Å²) in [5, 5.41) is 6.16. The second-order valence-electron chi connectivity index (χ2n) is 6.82. The van der Waals surface area contributed by atoms with Gasteiger partial charge in [0.2, 0.25) is 0 Å². The van der Waals surface area contributed by atoms with Crippen LogP contribution in [0.2, 0.25) is 5.02 Å². The SMILES string of the molecule is Cc1cc(Nc2ncnc(N)c2Cl)c(=O)n2c1C(=O)NC21CCCCC1.Cl. The maximum Gasteiger partial charge on any atom is 0.276 e. The summed E-state index contributed by atoms with van der Waals surface area (Å²) in [5.41, 5.74) is 6.22. The Hall–Kier alpha value is -2.32. The number of aryl methyl sites for hydroxylation is 1. The van der Waals surface area contributed by atoms with Crippen molar-refractivity contribution in [2.24, 2.45) is 0 Å². The van der Waals surface area contributed by atoms with Crippen molar-refractivity contribution in [2.75, 3.05) is 11.1 Å². The number of halogens is 2. The van der Waals surface area contributed by atoms with E-state index in [-0.39, 0.29) is 40.5 Å². The molecule has 10 heteroatoms. The van der Waals surface area contributed by atoms with Gasteiger partial charge in [-0.1, -0.05) is 18.0 Å². The van der Waals surface area contributed by atoms with Crippen molar-refractivity contribution in [2.45, 2.75) is 44.7 Å². The summed E-state index contributed by atoms with van der Waals surface area (Å²) in [6.45, 7) is 1.81. The zero-order chi connectivity index (χ0) is 18.5. The van der Waals surface area contributed by atoms with Crippen molar-refractivity contribution in [3.63, 3.8) is 0 Å². The van der Waals surface area contributed by atoms with E-state index in [1.807, 2.05) is 6.92 Å². The molecule has 1 fully saturated rings. The number of amides is 1. The molecule has 1 saturated carbocycles. The Balaban J connectivity index is 0.00000210. The van der Waals surface area contributed by atoms with Gasteiger partial charge in [-0.2, -0.15) is 0 Å². The number of anilines is 3. The first-order valence-corrected chi connectivity index (χ1v) is 8.93. The monoisotopic (exact) mass is 410 g/mol. The average molecular weight is 411 g/mol. The van der Waals surface area contributed by atoms with E-state index in [4.69, 9.17) is 17.3 Å². The number of pyridine rings is 1. The summed E-state index contributed by atoms with van der Waals surface area (Å²) < 4.78 is 1.62. The third-order valence-corrected chi connectivity index (χ3v) is 5.50. The third kappa shape index (κ3) is 3.02. The number of fused-ring (bicyclic) bond motifs is 2. The lowest BCUT2D eigenvalue weighted by Gasteiger charge is -2.35. The van der Waals surface area contributed by atoms with E-state index in [1.54, 1.807) is 10.6 Å². The molecule has 4 N–H and O–H groups in total. The van der Waals surface area contributed by atoms with Crippen molar-refractivity contribution in [1.29, 1.82) is 0 Å². The van der Waals surface area contributed by atoms with Gasteiger partial charge in [-0.15, -0.1) is 12.4 Å². The molecule has 0 unspecified atom stereocenters. The van der Waals surface area contributed by atoms with Crippen LogP contribution in [-0.2, 0) is 5.66 Å². The van der Waals surface area contributed by atoms with Crippen molar-refractivity contribution in [3.8, 4) is 0 Å². The molecule has 2 aromatic rings. The number of carbonyl (C=O) groups excluding carboxylic acids is 1. The maximum absolute atomic E-state index is 13.2. The summed E-state index contributed by atoms with van der Waals surface area (Å²) in [4.78, 5) is 33.6. The number of nitrogens with two attached hydrogens (primary N) is 1. The molecule has 2 aliphatic rings. The van der Waals surface area contributed by atoms with E-state index >= 15 is 0 Å². The van der Waals surface area contributed by atoms with Crippen LogP contribution in [0.15, 0.2) is 17.2 Å². The van der Waals surface area contributed by atoms with E-state index in [0.29, 0.717) is 16.9 Å². The molecule has 0 aromatic carbocycles. The second-order valence-corrected chi connectivity index (χ2v) is 7.20. The number of nitrogens with one attached hydrogen (secondary N) is 2. The van der Waals surface area contributed by atoms with Crippen LogP contribution in [0.1, 0.15) is 48.2 Å². The minimum Gasteiger partial charge on any atom is -0.382 e. The summed E-state index contributed by atoms with van der Waals surface area (Å²) in [6.07, 6.45) is 5.81. The molecule has 3 heterocycles. The van der Waals surface area contributed by atoms with E-state index in [2.05, 4.69) is 20.6 Å². The Morgan fingerprint density at radius 1 is 1.26 bits per heavy atom. The molecule has 0 radical (unpaired) electrons. The smallest absolute Gasteiger partial charge is 0.276 e. The minimum absolute atomic E-state index is 0. The number of nitrogens with zero attached hydrogens (tertiary/aromatic N) is 3. The first kappa shape index (κ1) is 19.4. The molecule has 8 nitrogen and oxygen atoms in total. The summed E-state index contributed by atoms with van der Waals surface area (Å²) >= 11 is 6.13. The van der Waals surface area contributed by atoms with E-state index in [0.717, 1.165) is 32.1 Å². The highest BCUT2D eigenvalue weighted by atomic mass is 35.5. The van der Waals surface area contributed by atoms with Crippen LogP contribution in [0.4, 0.5) is 17.3 Å². The van der Waals surface area contributed by atoms with Crippen LogP contribution in [-0.4, -0.2) is 20.4 Å². The van der Waals surface area contributed by atoms with Crippen molar-refractivity contribution in [1.82, 2.24) is 19.9 Å². The van der Waals surface area contributed by atoms with Crippen LogP contribution in [0.5, 0.6) is 0 Å². The Kier molecular flexibility index (Phi) is 5.05. The lowest BCUT2D eigenvalue weighted by atomic mass is 9.89. The summed E-state index contributed by atoms with van der Waals surface area (Å²) in [6, 6.07) is 1.64. The van der Waals surface area contributed by atoms with Gasteiger partial charge in [-0.25, -0.2) is 9.97 Å². The number of rotatable bonds is 2. The van der Waals surface area contributed by atoms with E-state index in [9.17, 15) is 9.59 Å². The maximum atomic E-state index is 13.2. The molecular formula is C17H20Cl2N6O2. The molecule has 0 saturated heterocycles. The molecule has 0 bridgehead atoms. The molecule has 1 amide bonds. The first-order valence-electron chi connectivity index (χ1n) is 8.55. The van der Waals surface area contributed by atoms with Gasteiger partial charge < -0.3 is 16.4 Å². The van der Waals surface area contributed by atoms with E-state index in [1.165, 1.54) is 6.33 Å². The predicted octanol–water partition coefficient (Wildman–Crippen LogP) is 2.71. The molecule has 1 aliphatic carbocycles. The Bertz CT molecular complexity index is 969. The zero-order valence-corrected chi connectivity index (χ0v) is 16.3. The standard InChI is InChI=1S/C17H19ClN6O2.ClH/c1-9-7-10(22-14-11(18)13(19)20-8-21-14)16(26)24-12(9)15(25)23-17(24)5-3-2-4-6-17;/h7-8H,2-6H2,1H3,(H,23,25)(H3,19,20,21,22);1H. The van der Waals surface area contributed by atoms with Crippen molar-refractivity contribution in [3.05, 3.63) is 39.0 Å². The van der Waals surface area contributed by atoms with Gasteiger partial charge in [0.25, 0.3) is 11.5 Å². The Labute approximate surface area is 166 Å². The number of hydrogen-bond acceptors (Lipinski definition) is 6. The Morgan fingerprint density at radius 2 is 1.96 bits per heavy atom. The lowest BCUT2D eigenvalue weighted by molar-refractivity contribution is 0.0876. The van der Waals surface area contributed by atoms with Crippen LogP contribution >= 0.6 is 24.0 Å². The van der Waals surface area contributed by atoms with Gasteiger partial charge in [0, 0.05) is 0 Å². The quantitative estimate of drug-likeness (QED) is 0.700. The van der Waals surface area contributed by atoms with Gasteiger partial charge >= 0.3 is 0 Å². The fourth-order valence-electron chi connectivity index (χ4n) is 3.93. The molecule has 2 aromatic heterocycles. The highest BCUT2D eigenvalue weighted by Gasteiger charge is 2.45. The fourth-order valence-corrected chi connectivity index (χ4v) is 4.08. The molecular weight excluding hydrogens is 391 g/mol. The highest BCUT2D eigenvalue weighted by molar-refractivity contribution is 6.35. The topological polar surface area (TPSA) is 115 Å². The molecule has 27 heavy (non-hydrogen) atoms. The largest absolute Gasteiger partial charge is 0.382 e. The lowest BCUT2D eigenvalue weighted by Crippen LogP contribution is -2.48. The van der Waals surface area contributed by atoms with Crippen LogP contribution < -0.4 is 21.9 Å². The molecule has 1 spiro atoms. The van der Waals surface area contributed by atoms with E-state index < -0.39 is 5.66 Å².